The molecule has 3 aliphatic carbocycles. The van der Waals surface area contributed by atoms with Gasteiger partial charge in [0.05, 0.1) is 52.1 Å². The fraction of sp³-hybridized carbons (Fsp3) is 0.500. The Morgan fingerprint density at radius 2 is 1.88 bits per heavy atom. The van der Waals surface area contributed by atoms with Crippen LogP contribution in [0.25, 0.3) is 16.9 Å². The van der Waals surface area contributed by atoms with E-state index in [1.54, 1.807) is 16.6 Å². The fourth-order valence-corrected chi connectivity index (χ4v) is 5.84. The summed E-state index contributed by atoms with van der Waals surface area (Å²) in [4.78, 5) is 29.8. The number of alkyl halides is 1. The number of aromatic nitrogens is 3. The summed E-state index contributed by atoms with van der Waals surface area (Å²) >= 11 is 0. The lowest BCUT2D eigenvalue weighted by Gasteiger charge is -2.71. The molecule has 0 spiro atoms. The molecule has 2 amide bonds. The van der Waals surface area contributed by atoms with Crippen LogP contribution >= 0.6 is 0 Å². The van der Waals surface area contributed by atoms with Gasteiger partial charge in [-0.15, -0.1) is 0 Å². The summed E-state index contributed by atoms with van der Waals surface area (Å²) in [6.45, 7) is 8.29. The lowest BCUT2D eigenvalue weighted by atomic mass is 9.39. The largest absolute Gasteiger partial charge is 0.444 e. The number of fused-ring (bicyclic) bond motifs is 1. The van der Waals surface area contributed by atoms with E-state index in [2.05, 4.69) is 32.1 Å². The molecule has 3 saturated carbocycles. The van der Waals surface area contributed by atoms with Crippen molar-refractivity contribution in [2.75, 3.05) is 18.4 Å². The van der Waals surface area contributed by atoms with E-state index >= 15 is 0 Å². The molecular weight excluding hydrogens is 541 g/mol. The molecule has 42 heavy (non-hydrogen) atoms. The van der Waals surface area contributed by atoms with E-state index in [1.807, 2.05) is 32.9 Å². The van der Waals surface area contributed by atoms with Gasteiger partial charge in [0, 0.05) is 18.3 Å². The first kappa shape index (κ1) is 29.3. The number of nitrogens with zero attached hydrogens (tertiary/aromatic N) is 4. The van der Waals surface area contributed by atoms with Crippen molar-refractivity contribution in [1.82, 2.24) is 25.2 Å². The van der Waals surface area contributed by atoms with Crippen LogP contribution in [0.1, 0.15) is 69.8 Å². The van der Waals surface area contributed by atoms with Gasteiger partial charge in [-0.25, -0.2) is 13.7 Å². The lowest BCUT2D eigenvalue weighted by Crippen LogP contribution is -2.73. The molecule has 3 aromatic rings. The zero-order chi connectivity index (χ0) is 30.5. The predicted molar refractivity (Wildman–Crippen MR) is 154 cm³/mol. The smallest absolute Gasteiger partial charge is 0.407 e. The molecule has 4 N–H and O–H groups in total. The van der Waals surface area contributed by atoms with E-state index in [4.69, 9.17) is 4.74 Å². The van der Waals surface area contributed by atoms with Crippen molar-refractivity contribution in [2.45, 2.75) is 76.8 Å². The number of hydrogen-bond donors (Lipinski definition) is 4. The number of aliphatic hydroxyl groups is 1. The highest BCUT2D eigenvalue weighted by atomic mass is 19.1. The van der Waals surface area contributed by atoms with E-state index in [0.29, 0.717) is 29.2 Å². The minimum atomic E-state index is -1.66. The lowest BCUT2D eigenvalue weighted by molar-refractivity contribution is -0.113. The Bertz CT molecular complexity index is 1560. The summed E-state index contributed by atoms with van der Waals surface area (Å²) in [5.74, 6) is -0.520. The van der Waals surface area contributed by atoms with Crippen LogP contribution in [0, 0.1) is 16.7 Å². The summed E-state index contributed by atoms with van der Waals surface area (Å²) in [5, 5.41) is 32.5. The van der Waals surface area contributed by atoms with E-state index in [1.165, 1.54) is 26.2 Å². The standard InChI is InChI=1S/C30H36FN7O4/c1-27(2,3)42-26(40)35-17-29-14-30(15-29,16-29)37-21-9-22(23-7-6-19-8-18(10-32)11-36-38(19)23)33-12-20(21)25(39)34-13-24(31)28(4,5)41/h6-9,11-12,24,41H,13-17H2,1-5H3,(H,33,37)(H,34,39)(H,35,40)/t24-,29?,30?/m1/s1. The van der Waals surface area contributed by atoms with Crippen LogP contribution in [0.3, 0.4) is 0 Å². The second-order valence-corrected chi connectivity index (χ2v) is 13.1. The number of nitrogens with one attached hydrogen (secondary N) is 3. The van der Waals surface area contributed by atoms with Crippen molar-refractivity contribution < 1.29 is 23.8 Å². The van der Waals surface area contributed by atoms with E-state index in [0.717, 1.165) is 24.8 Å². The number of hydrogen-bond acceptors (Lipinski definition) is 8. The summed E-state index contributed by atoms with van der Waals surface area (Å²) in [6, 6.07) is 9.24. The van der Waals surface area contributed by atoms with Crippen molar-refractivity contribution in [3.8, 4) is 17.5 Å². The normalized spacial score (nSPS) is 21.9. The maximum Gasteiger partial charge on any atom is 0.407 e. The van der Waals surface area contributed by atoms with Crippen LogP contribution < -0.4 is 16.0 Å². The number of pyridine rings is 1. The van der Waals surface area contributed by atoms with Gasteiger partial charge in [-0.2, -0.15) is 10.4 Å². The molecule has 11 nitrogen and oxygen atoms in total. The highest BCUT2D eigenvalue weighted by Gasteiger charge is 2.67. The van der Waals surface area contributed by atoms with Crippen molar-refractivity contribution in [3.05, 3.63) is 47.8 Å². The van der Waals surface area contributed by atoms with Crippen molar-refractivity contribution in [2.24, 2.45) is 5.41 Å². The van der Waals surface area contributed by atoms with Gasteiger partial charge in [-0.3, -0.25) is 9.78 Å². The highest BCUT2D eigenvalue weighted by Crippen LogP contribution is 2.68. The third-order valence-corrected chi connectivity index (χ3v) is 7.80. The van der Waals surface area contributed by atoms with Crippen molar-refractivity contribution in [3.63, 3.8) is 0 Å². The molecule has 0 saturated heterocycles. The highest BCUT2D eigenvalue weighted by molar-refractivity contribution is 6.00. The number of anilines is 1. The van der Waals surface area contributed by atoms with Gasteiger partial charge < -0.3 is 25.8 Å². The Balaban J connectivity index is 1.36. The zero-order valence-electron chi connectivity index (χ0n) is 24.4. The number of rotatable bonds is 9. The summed E-state index contributed by atoms with van der Waals surface area (Å²) in [7, 11) is 0. The van der Waals surface area contributed by atoms with E-state index < -0.39 is 29.4 Å². The van der Waals surface area contributed by atoms with Crippen LogP contribution in [0.5, 0.6) is 0 Å². The van der Waals surface area contributed by atoms with Crippen LogP contribution in [-0.4, -0.2) is 67.7 Å². The van der Waals surface area contributed by atoms with Gasteiger partial charge in [0.1, 0.15) is 17.8 Å². The molecule has 2 bridgehead atoms. The Labute approximate surface area is 243 Å². The number of alkyl carbamates (subject to hydrolysis) is 1. The van der Waals surface area contributed by atoms with Gasteiger partial charge in [0.15, 0.2) is 0 Å². The summed E-state index contributed by atoms with van der Waals surface area (Å²) in [5.41, 5.74) is 0.712. The molecule has 12 heteroatoms. The summed E-state index contributed by atoms with van der Waals surface area (Å²) in [6.07, 6.45) is 3.21. The first-order valence-electron chi connectivity index (χ1n) is 13.9. The first-order chi connectivity index (χ1) is 19.6. The molecule has 6 rings (SSSR count). The van der Waals surface area contributed by atoms with Gasteiger partial charge in [0.25, 0.3) is 5.91 Å². The van der Waals surface area contributed by atoms with Crippen LogP contribution in [0.2, 0.25) is 0 Å². The molecule has 3 fully saturated rings. The monoisotopic (exact) mass is 577 g/mol. The van der Waals surface area contributed by atoms with Crippen LogP contribution in [0.4, 0.5) is 14.9 Å². The summed E-state index contributed by atoms with van der Waals surface area (Å²) < 4.78 is 21.4. The van der Waals surface area contributed by atoms with Crippen LogP contribution in [0.15, 0.2) is 36.7 Å². The third-order valence-electron chi connectivity index (χ3n) is 7.80. The second kappa shape index (κ2) is 10.2. The molecule has 0 aliphatic heterocycles. The number of amides is 2. The minimum Gasteiger partial charge on any atom is -0.444 e. The number of ether oxygens (including phenoxy) is 1. The number of halogens is 1. The molecule has 0 unspecified atom stereocenters. The van der Waals surface area contributed by atoms with Crippen molar-refractivity contribution in [1.29, 1.82) is 5.26 Å². The number of carbonyl (C=O) groups excluding carboxylic acids is 2. The molecule has 3 aliphatic rings. The third kappa shape index (κ3) is 5.87. The minimum absolute atomic E-state index is 0.0313. The topological polar surface area (TPSA) is 154 Å². The van der Waals surface area contributed by atoms with Crippen LogP contribution in [-0.2, 0) is 4.74 Å². The Hall–Kier alpha value is -4.24. The number of nitriles is 1. The van der Waals surface area contributed by atoms with Gasteiger partial charge in [-0.1, -0.05) is 0 Å². The molecule has 1 atom stereocenters. The Kier molecular flexibility index (Phi) is 7.13. The molecule has 3 heterocycles. The van der Waals surface area contributed by atoms with Crippen molar-refractivity contribution >= 4 is 23.2 Å². The number of carbonyl (C=O) groups is 2. The average Bonchev–Trinajstić information content (AvgIpc) is 3.29. The molecule has 0 radical (unpaired) electrons. The van der Waals surface area contributed by atoms with Gasteiger partial charge in [-0.05, 0) is 83.6 Å². The zero-order valence-corrected chi connectivity index (χ0v) is 24.4. The fourth-order valence-electron chi connectivity index (χ4n) is 5.84. The first-order valence-corrected chi connectivity index (χ1v) is 13.9. The molecular formula is C30H36FN7O4. The Morgan fingerprint density at radius 3 is 2.52 bits per heavy atom. The Morgan fingerprint density at radius 1 is 1.17 bits per heavy atom. The predicted octanol–water partition coefficient (Wildman–Crippen LogP) is 3.97. The quantitative estimate of drug-likeness (QED) is 0.298. The van der Waals surface area contributed by atoms with E-state index in [-0.39, 0.29) is 23.1 Å². The maximum atomic E-state index is 14.4. The molecule has 0 aromatic carbocycles. The SMILES string of the molecule is CC(C)(C)OC(=O)NCC12CC(Nc3cc(-c4ccc5cc(C#N)cnn45)ncc3C(=O)NC[C@@H](F)C(C)(C)O)(C1)C2. The average molecular weight is 578 g/mol. The molecule has 222 valence electrons. The second-order valence-electron chi connectivity index (χ2n) is 13.1. The van der Waals surface area contributed by atoms with Gasteiger partial charge >= 0.3 is 6.09 Å². The van der Waals surface area contributed by atoms with E-state index in [9.17, 15) is 24.3 Å². The van der Waals surface area contributed by atoms with Gasteiger partial charge in [0.2, 0.25) is 0 Å². The maximum absolute atomic E-state index is 14.4. The molecule has 3 aromatic heterocycles.